The Kier molecular flexibility index (Phi) is 4.88. The van der Waals surface area contributed by atoms with Crippen molar-refractivity contribution >= 4 is 11.8 Å². The van der Waals surface area contributed by atoms with Crippen molar-refractivity contribution in [2.45, 2.75) is 39.6 Å². The second-order valence-electron chi connectivity index (χ2n) is 6.64. The van der Waals surface area contributed by atoms with Crippen LogP contribution in [0.3, 0.4) is 0 Å². The third-order valence-electron chi connectivity index (χ3n) is 4.75. The zero-order chi connectivity index (χ0) is 19.5. The first kappa shape index (κ1) is 17.9. The molecule has 9 heteroatoms. The van der Waals surface area contributed by atoms with Crippen LogP contribution in [-0.4, -0.2) is 41.5 Å². The molecule has 28 heavy (non-hydrogen) atoms. The molecular formula is C19H21N7O2. The molecule has 1 N–H and O–H groups in total. The van der Waals surface area contributed by atoms with Gasteiger partial charge >= 0.3 is 0 Å². The number of hydrogen-bond acceptors (Lipinski definition) is 5. The molecule has 3 aromatic rings. The standard InChI is InChI=1S/C19H21N7O2/c1-2-25-11-15(8-21-25)19(28)20-9-16-17-12-24(10-14-6-4-3-5-7-14)18(27)13-26(17)23-22-16/h3-8,11H,2,9-10,12-13H2,1H3,(H,20,28). The lowest BCUT2D eigenvalue weighted by Crippen LogP contribution is -2.39. The smallest absolute Gasteiger partial charge is 0.254 e. The molecule has 1 aromatic carbocycles. The first-order valence-electron chi connectivity index (χ1n) is 9.17. The van der Waals surface area contributed by atoms with Crippen molar-refractivity contribution in [1.29, 1.82) is 0 Å². The molecule has 0 unspecified atom stereocenters. The first-order chi connectivity index (χ1) is 13.6. The van der Waals surface area contributed by atoms with Gasteiger partial charge in [-0.15, -0.1) is 5.10 Å². The molecule has 0 spiro atoms. The van der Waals surface area contributed by atoms with E-state index >= 15 is 0 Å². The average Bonchev–Trinajstić information content (AvgIpc) is 3.34. The summed E-state index contributed by atoms with van der Waals surface area (Å²) in [5.74, 6) is -0.210. The topological polar surface area (TPSA) is 97.9 Å². The Balaban J connectivity index is 1.44. The van der Waals surface area contributed by atoms with Crippen molar-refractivity contribution in [1.82, 2.24) is 35.0 Å². The van der Waals surface area contributed by atoms with Crippen LogP contribution in [0.1, 0.15) is 34.2 Å². The Hall–Kier alpha value is -3.49. The molecule has 0 aliphatic carbocycles. The van der Waals surface area contributed by atoms with Crippen molar-refractivity contribution < 1.29 is 9.59 Å². The summed E-state index contributed by atoms with van der Waals surface area (Å²) in [7, 11) is 0. The summed E-state index contributed by atoms with van der Waals surface area (Å²) in [6.07, 6.45) is 3.25. The number of rotatable bonds is 6. The summed E-state index contributed by atoms with van der Waals surface area (Å²) >= 11 is 0. The molecule has 0 saturated heterocycles. The van der Waals surface area contributed by atoms with Gasteiger partial charge in [0.25, 0.3) is 5.91 Å². The van der Waals surface area contributed by atoms with Gasteiger partial charge in [-0.25, -0.2) is 4.68 Å². The van der Waals surface area contributed by atoms with E-state index in [4.69, 9.17) is 0 Å². The summed E-state index contributed by atoms with van der Waals surface area (Å²) in [5.41, 5.74) is 3.09. The van der Waals surface area contributed by atoms with Crippen molar-refractivity contribution in [3.63, 3.8) is 0 Å². The van der Waals surface area contributed by atoms with Crippen LogP contribution in [0.5, 0.6) is 0 Å². The number of benzene rings is 1. The summed E-state index contributed by atoms with van der Waals surface area (Å²) in [4.78, 5) is 26.5. The van der Waals surface area contributed by atoms with Crippen LogP contribution in [0.4, 0.5) is 0 Å². The molecular weight excluding hydrogens is 358 g/mol. The van der Waals surface area contributed by atoms with Crippen molar-refractivity contribution in [2.24, 2.45) is 0 Å². The Morgan fingerprint density at radius 3 is 2.79 bits per heavy atom. The highest BCUT2D eigenvalue weighted by atomic mass is 16.2. The number of fused-ring (bicyclic) bond motifs is 1. The number of aryl methyl sites for hydroxylation is 1. The van der Waals surface area contributed by atoms with E-state index in [-0.39, 0.29) is 24.9 Å². The van der Waals surface area contributed by atoms with Crippen LogP contribution in [-0.2, 0) is 37.5 Å². The molecule has 1 aliphatic heterocycles. The van der Waals surface area contributed by atoms with Crippen LogP contribution in [0.15, 0.2) is 42.7 Å². The molecule has 2 amide bonds. The van der Waals surface area contributed by atoms with Crippen molar-refractivity contribution in [3.05, 3.63) is 65.2 Å². The highest BCUT2D eigenvalue weighted by Crippen LogP contribution is 2.18. The van der Waals surface area contributed by atoms with Crippen LogP contribution < -0.4 is 5.32 Å². The van der Waals surface area contributed by atoms with E-state index in [1.807, 2.05) is 37.3 Å². The van der Waals surface area contributed by atoms with Crippen molar-refractivity contribution in [2.75, 3.05) is 0 Å². The third kappa shape index (κ3) is 3.64. The first-order valence-corrected chi connectivity index (χ1v) is 9.17. The molecule has 144 valence electrons. The third-order valence-corrected chi connectivity index (χ3v) is 4.75. The molecule has 0 atom stereocenters. The zero-order valence-corrected chi connectivity index (χ0v) is 15.6. The molecule has 0 radical (unpaired) electrons. The Bertz CT molecular complexity index is 993. The molecule has 4 rings (SSSR count). The lowest BCUT2D eigenvalue weighted by molar-refractivity contribution is -0.135. The van der Waals surface area contributed by atoms with Crippen molar-refractivity contribution in [3.8, 4) is 0 Å². The molecule has 1 aliphatic rings. The largest absolute Gasteiger partial charge is 0.346 e. The van der Waals surface area contributed by atoms with Gasteiger partial charge in [-0.2, -0.15) is 5.10 Å². The van der Waals surface area contributed by atoms with Gasteiger partial charge in [-0.3, -0.25) is 14.3 Å². The van der Waals surface area contributed by atoms with Crippen LogP contribution in [0.2, 0.25) is 0 Å². The number of hydrogen-bond donors (Lipinski definition) is 1. The second-order valence-corrected chi connectivity index (χ2v) is 6.64. The summed E-state index contributed by atoms with van der Waals surface area (Å²) in [6, 6.07) is 9.85. The lowest BCUT2D eigenvalue weighted by Gasteiger charge is -2.27. The van der Waals surface area contributed by atoms with Gasteiger partial charge in [0.1, 0.15) is 12.2 Å². The Labute approximate surface area is 161 Å². The number of nitrogens with one attached hydrogen (secondary N) is 1. The predicted octanol–water partition coefficient (Wildman–Crippen LogP) is 0.967. The van der Waals surface area contributed by atoms with Crippen LogP contribution in [0, 0.1) is 0 Å². The lowest BCUT2D eigenvalue weighted by atomic mass is 10.1. The second kappa shape index (κ2) is 7.63. The Morgan fingerprint density at radius 1 is 1.21 bits per heavy atom. The van der Waals surface area contributed by atoms with Gasteiger partial charge in [-0.05, 0) is 12.5 Å². The molecule has 0 saturated carbocycles. The minimum atomic E-state index is -0.213. The number of amides is 2. The van der Waals surface area contributed by atoms with Gasteiger partial charge in [-0.1, -0.05) is 35.5 Å². The van der Waals surface area contributed by atoms with Gasteiger partial charge < -0.3 is 10.2 Å². The van der Waals surface area contributed by atoms with Crippen LogP contribution >= 0.6 is 0 Å². The number of carbonyl (C=O) groups excluding carboxylic acids is 2. The summed E-state index contributed by atoms with van der Waals surface area (Å²) in [6.45, 7) is 4.02. The molecule has 9 nitrogen and oxygen atoms in total. The predicted molar refractivity (Wildman–Crippen MR) is 99.8 cm³/mol. The molecule has 2 aromatic heterocycles. The quantitative estimate of drug-likeness (QED) is 0.688. The summed E-state index contributed by atoms with van der Waals surface area (Å²) < 4.78 is 3.31. The van der Waals surface area contributed by atoms with E-state index in [9.17, 15) is 9.59 Å². The number of nitrogens with zero attached hydrogens (tertiary/aromatic N) is 6. The van der Waals surface area contributed by atoms with Crippen LogP contribution in [0.25, 0.3) is 0 Å². The van der Waals surface area contributed by atoms with E-state index in [1.54, 1.807) is 26.7 Å². The fourth-order valence-electron chi connectivity index (χ4n) is 3.17. The monoisotopic (exact) mass is 379 g/mol. The van der Waals surface area contributed by atoms with Gasteiger partial charge in [0.2, 0.25) is 5.91 Å². The highest BCUT2D eigenvalue weighted by molar-refractivity contribution is 5.93. The van der Waals surface area contributed by atoms with E-state index in [1.165, 1.54) is 0 Å². The SMILES string of the molecule is CCn1cc(C(=O)NCc2nnn3c2CN(Cc2ccccc2)C(=O)C3)cn1. The minimum Gasteiger partial charge on any atom is -0.346 e. The average molecular weight is 379 g/mol. The van der Waals surface area contributed by atoms with Gasteiger partial charge in [0.05, 0.1) is 30.5 Å². The van der Waals surface area contributed by atoms with E-state index in [0.717, 1.165) is 11.3 Å². The fraction of sp³-hybridized carbons (Fsp3) is 0.316. The normalized spacial score (nSPS) is 13.5. The maximum Gasteiger partial charge on any atom is 0.254 e. The highest BCUT2D eigenvalue weighted by Gasteiger charge is 2.27. The van der Waals surface area contributed by atoms with E-state index < -0.39 is 0 Å². The fourth-order valence-corrected chi connectivity index (χ4v) is 3.17. The maximum absolute atomic E-state index is 12.4. The van der Waals surface area contributed by atoms with E-state index in [0.29, 0.717) is 30.9 Å². The number of aromatic nitrogens is 5. The zero-order valence-electron chi connectivity index (χ0n) is 15.6. The van der Waals surface area contributed by atoms with Gasteiger partial charge in [0, 0.05) is 19.3 Å². The van der Waals surface area contributed by atoms with E-state index in [2.05, 4.69) is 20.7 Å². The minimum absolute atomic E-state index is 0.00354. The molecule has 3 heterocycles. The molecule has 0 fully saturated rings. The Morgan fingerprint density at radius 2 is 2.04 bits per heavy atom. The molecule has 0 bridgehead atoms. The summed E-state index contributed by atoms with van der Waals surface area (Å²) in [5, 5.41) is 15.2. The number of carbonyl (C=O) groups is 2. The van der Waals surface area contributed by atoms with Gasteiger partial charge in [0.15, 0.2) is 0 Å². The maximum atomic E-state index is 12.4.